The summed E-state index contributed by atoms with van der Waals surface area (Å²) in [6, 6.07) is 14.7. The monoisotopic (exact) mass is 715 g/mol. The first-order valence-corrected chi connectivity index (χ1v) is 17.6. The van der Waals surface area contributed by atoms with Crippen molar-refractivity contribution in [1.82, 2.24) is 24.6 Å². The summed E-state index contributed by atoms with van der Waals surface area (Å²) in [5.74, 6) is 0.120. The number of rotatable bonds is 5. The van der Waals surface area contributed by atoms with E-state index in [1.807, 2.05) is 55.8 Å². The molecule has 2 fully saturated rings. The molecule has 0 saturated carbocycles. The Labute approximate surface area is 301 Å². The number of hydrogen-bond acceptors (Lipinski definition) is 7. The lowest BCUT2D eigenvalue weighted by Gasteiger charge is -2.52. The lowest BCUT2D eigenvalue weighted by atomic mass is 9.90. The Hall–Kier alpha value is -4.17. The van der Waals surface area contributed by atoms with E-state index in [1.54, 1.807) is 23.2 Å². The predicted molar refractivity (Wildman–Crippen MR) is 197 cm³/mol. The second kappa shape index (κ2) is 12.6. The Balaban J connectivity index is 1.40. The van der Waals surface area contributed by atoms with Gasteiger partial charge in [-0.2, -0.15) is 10.4 Å². The first-order valence-electron chi connectivity index (χ1n) is 16.9. The van der Waals surface area contributed by atoms with Crippen LogP contribution in [0.2, 0.25) is 10.0 Å². The van der Waals surface area contributed by atoms with Crippen LogP contribution in [0.5, 0.6) is 0 Å². The van der Waals surface area contributed by atoms with Crippen molar-refractivity contribution in [3.05, 3.63) is 64.5 Å². The summed E-state index contributed by atoms with van der Waals surface area (Å²) in [5.41, 5.74) is 1.01. The molecule has 0 N–H and O–H groups in total. The third kappa shape index (κ3) is 5.79. The highest BCUT2D eigenvalue weighted by molar-refractivity contribution is 6.38. The highest BCUT2D eigenvalue weighted by atomic mass is 35.5. The van der Waals surface area contributed by atoms with Crippen molar-refractivity contribution in [3.63, 3.8) is 0 Å². The third-order valence-corrected chi connectivity index (χ3v) is 10.9. The molecule has 2 aromatic heterocycles. The zero-order valence-corrected chi connectivity index (χ0v) is 30.6. The summed E-state index contributed by atoms with van der Waals surface area (Å²) in [6.45, 7) is 9.48. The second-order valence-electron chi connectivity index (χ2n) is 15.0. The molecule has 5 aromatic rings. The summed E-state index contributed by atoms with van der Waals surface area (Å²) < 4.78 is 24.8. The van der Waals surface area contributed by atoms with Gasteiger partial charge in [-0.3, -0.25) is 4.68 Å². The van der Waals surface area contributed by atoms with Gasteiger partial charge in [0.2, 0.25) is 0 Å². The zero-order chi connectivity index (χ0) is 35.7. The van der Waals surface area contributed by atoms with Gasteiger partial charge < -0.3 is 19.4 Å². The molecule has 4 heterocycles. The Morgan fingerprint density at radius 2 is 1.86 bits per heavy atom. The maximum Gasteiger partial charge on any atom is 0.410 e. The number of carbonyl (C=O) groups is 1. The van der Waals surface area contributed by atoms with Gasteiger partial charge in [-0.05, 0) is 77.7 Å². The van der Waals surface area contributed by atoms with Gasteiger partial charge in [-0.15, -0.1) is 0 Å². The molecular formula is C38H40Cl2FN7O2. The van der Waals surface area contributed by atoms with Crippen molar-refractivity contribution in [1.29, 1.82) is 5.26 Å². The maximum atomic E-state index is 17.2. The maximum absolute atomic E-state index is 17.2. The largest absolute Gasteiger partial charge is 0.444 e. The summed E-state index contributed by atoms with van der Waals surface area (Å²) >= 11 is 13.7. The van der Waals surface area contributed by atoms with E-state index >= 15 is 4.39 Å². The molecule has 7 rings (SSSR count). The molecule has 2 atom stereocenters. The molecule has 2 saturated heterocycles. The van der Waals surface area contributed by atoms with E-state index in [1.165, 1.54) is 0 Å². The molecule has 0 spiro atoms. The molecule has 0 bridgehead atoms. The number of anilines is 1. The fourth-order valence-corrected chi connectivity index (χ4v) is 8.03. The molecule has 9 nitrogen and oxygen atoms in total. The van der Waals surface area contributed by atoms with Crippen molar-refractivity contribution in [2.24, 2.45) is 0 Å². The van der Waals surface area contributed by atoms with E-state index in [9.17, 15) is 10.1 Å². The number of halogens is 3. The van der Waals surface area contributed by atoms with Gasteiger partial charge in [0, 0.05) is 41.0 Å². The molecule has 260 valence electrons. The molecule has 0 aliphatic carbocycles. The van der Waals surface area contributed by atoms with Gasteiger partial charge in [0.1, 0.15) is 16.9 Å². The minimum atomic E-state index is -0.662. The van der Waals surface area contributed by atoms with Gasteiger partial charge in [0.15, 0.2) is 5.82 Å². The number of carbonyl (C=O) groups excluding carboxylic acids is 1. The first kappa shape index (κ1) is 34.3. The van der Waals surface area contributed by atoms with Crippen LogP contribution in [-0.4, -0.2) is 81.6 Å². The number of likely N-dealkylation sites (N-methyl/N-ethyl adjacent to an activating group) is 1. The van der Waals surface area contributed by atoms with Crippen LogP contribution in [0, 0.1) is 17.1 Å². The number of benzene rings is 3. The van der Waals surface area contributed by atoms with Crippen LogP contribution >= 0.6 is 23.2 Å². The molecule has 50 heavy (non-hydrogen) atoms. The smallest absolute Gasteiger partial charge is 0.410 e. The summed E-state index contributed by atoms with van der Waals surface area (Å²) in [4.78, 5) is 24.2. The highest BCUT2D eigenvalue weighted by Crippen LogP contribution is 2.45. The van der Waals surface area contributed by atoms with Crippen LogP contribution in [0.15, 0.2) is 48.7 Å². The van der Waals surface area contributed by atoms with Crippen LogP contribution in [0.25, 0.3) is 43.7 Å². The standard InChI is InChI=1S/C38H40Cl2FN7O2/c1-37(2,3)50-36(49)47-16-14-24(17-23(47)13-15-42)48-34-26-18-29(40)31(25-11-7-9-22-10-8-12-28(39)30(22)25)32(41)33(26)44-35(27(34)19-43-48)46-20-38(4,21-46)45(5)6/h7-12,18-19,23-24H,13-14,16-17,20-21H2,1-6H3/t23-,24+/m1/s1. The number of piperidine rings is 1. The van der Waals surface area contributed by atoms with Gasteiger partial charge in [-0.1, -0.05) is 53.5 Å². The lowest BCUT2D eigenvalue weighted by Crippen LogP contribution is -2.67. The number of pyridine rings is 1. The number of hydrogen-bond donors (Lipinski definition) is 0. The number of aromatic nitrogens is 3. The van der Waals surface area contributed by atoms with Gasteiger partial charge in [0.25, 0.3) is 0 Å². The average molecular weight is 717 g/mol. The topological polar surface area (TPSA) is 90.5 Å². The van der Waals surface area contributed by atoms with Crippen LogP contribution in [-0.2, 0) is 4.74 Å². The number of nitrogens with zero attached hydrogens (tertiary/aromatic N) is 7. The van der Waals surface area contributed by atoms with Crippen molar-refractivity contribution in [2.45, 2.75) is 70.2 Å². The van der Waals surface area contributed by atoms with Crippen molar-refractivity contribution in [2.75, 3.05) is 38.6 Å². The van der Waals surface area contributed by atoms with Crippen LogP contribution in [0.3, 0.4) is 0 Å². The number of ether oxygens (including phenoxy) is 1. The highest BCUT2D eigenvalue weighted by Gasteiger charge is 2.43. The molecule has 1 amide bonds. The average Bonchev–Trinajstić information content (AvgIpc) is 3.48. The Bertz CT molecular complexity index is 2190. The second-order valence-corrected chi connectivity index (χ2v) is 15.8. The SMILES string of the molecule is CN(C)C1(C)CN(c2nc3c(F)c(-c4cccc5cccc(Cl)c45)c(Cl)cc3c3c2cnn3[C@H]2CCN(C(=O)OC(C)(C)C)[C@H](CC#N)C2)C1. The zero-order valence-electron chi connectivity index (χ0n) is 29.1. The molecular weight excluding hydrogens is 676 g/mol. The van der Waals surface area contributed by atoms with E-state index in [2.05, 4.69) is 36.9 Å². The van der Waals surface area contributed by atoms with Crippen molar-refractivity contribution in [3.8, 4) is 17.2 Å². The summed E-state index contributed by atoms with van der Waals surface area (Å²) in [5, 5.41) is 18.3. The molecule has 2 aliphatic rings. The van der Waals surface area contributed by atoms with Gasteiger partial charge >= 0.3 is 6.09 Å². The summed E-state index contributed by atoms with van der Waals surface area (Å²) in [6.07, 6.45) is 2.56. The van der Waals surface area contributed by atoms with Gasteiger partial charge in [0.05, 0.1) is 52.2 Å². The molecule has 0 unspecified atom stereocenters. The Morgan fingerprint density at radius 3 is 2.54 bits per heavy atom. The minimum Gasteiger partial charge on any atom is -0.444 e. The van der Waals surface area contributed by atoms with E-state index in [-0.39, 0.29) is 40.1 Å². The fraction of sp³-hybridized carbons (Fsp3) is 0.421. The normalized spacial score (nSPS) is 19.3. The molecule has 12 heteroatoms. The van der Waals surface area contributed by atoms with E-state index in [0.717, 1.165) is 16.3 Å². The number of nitriles is 1. The van der Waals surface area contributed by atoms with E-state index in [4.69, 9.17) is 38.0 Å². The van der Waals surface area contributed by atoms with Gasteiger partial charge in [-0.25, -0.2) is 14.2 Å². The predicted octanol–water partition coefficient (Wildman–Crippen LogP) is 8.85. The number of fused-ring (bicyclic) bond motifs is 4. The Kier molecular flexibility index (Phi) is 8.61. The van der Waals surface area contributed by atoms with Crippen LogP contribution in [0.1, 0.15) is 53.0 Å². The van der Waals surface area contributed by atoms with Crippen LogP contribution < -0.4 is 4.90 Å². The first-order chi connectivity index (χ1) is 23.7. The molecule has 0 radical (unpaired) electrons. The fourth-order valence-electron chi connectivity index (χ4n) is 7.45. The molecule has 2 aliphatic heterocycles. The molecule has 3 aromatic carbocycles. The minimum absolute atomic E-state index is 0.0681. The summed E-state index contributed by atoms with van der Waals surface area (Å²) in [7, 11) is 4.12. The quantitative estimate of drug-likeness (QED) is 0.180. The number of likely N-dealkylation sites (tertiary alicyclic amines) is 1. The van der Waals surface area contributed by atoms with E-state index < -0.39 is 17.5 Å². The van der Waals surface area contributed by atoms with Crippen LogP contribution in [0.4, 0.5) is 15.0 Å². The lowest BCUT2D eigenvalue weighted by molar-refractivity contribution is 0.00565. The Morgan fingerprint density at radius 1 is 1.14 bits per heavy atom. The number of amides is 1. The van der Waals surface area contributed by atoms with Crippen molar-refractivity contribution < 1.29 is 13.9 Å². The van der Waals surface area contributed by atoms with E-state index in [0.29, 0.717) is 59.7 Å². The van der Waals surface area contributed by atoms with Crippen molar-refractivity contribution >= 4 is 67.7 Å². The third-order valence-electron chi connectivity index (χ3n) is 10.3.